The molecule has 0 aromatic carbocycles. The molecule has 0 spiro atoms. The SMILES string of the molecule is C=C/C(F)=C(\C=C/C)c1ccsc1C1CC1C(=O)N1CCCC(NSC)C1. The number of thiophene rings is 1. The second kappa shape index (κ2) is 9.22. The first-order valence-corrected chi connectivity index (χ1v) is 11.5. The quantitative estimate of drug-likeness (QED) is 0.502. The van der Waals surface area contributed by atoms with Crippen molar-refractivity contribution in [1.29, 1.82) is 0 Å². The Morgan fingerprint density at radius 2 is 2.33 bits per heavy atom. The molecule has 146 valence electrons. The standard InChI is InChI=1S/C21H27FN2OS2/c1-4-7-15(19(22)5-2)16-9-11-27-20(16)17-12-18(17)21(25)24-10-6-8-14(13-24)23-26-3/h4-5,7,9,11,14,17-18,23H,2,6,8,10,12-13H2,1,3H3/b7-4-,19-15-. The molecule has 1 saturated carbocycles. The average Bonchev–Trinajstić information content (AvgIpc) is 3.34. The van der Waals surface area contributed by atoms with Crippen molar-refractivity contribution in [2.45, 2.75) is 38.1 Å². The Bertz CT molecular complexity index is 753. The molecular formula is C21H27FN2OS2. The van der Waals surface area contributed by atoms with Gasteiger partial charge in [-0.15, -0.1) is 11.3 Å². The number of amides is 1. The van der Waals surface area contributed by atoms with Crippen LogP contribution < -0.4 is 4.72 Å². The number of piperidine rings is 1. The van der Waals surface area contributed by atoms with Crippen LogP contribution in [0.2, 0.25) is 0 Å². The monoisotopic (exact) mass is 406 g/mol. The van der Waals surface area contributed by atoms with Crippen molar-refractivity contribution in [3.63, 3.8) is 0 Å². The average molecular weight is 407 g/mol. The topological polar surface area (TPSA) is 32.3 Å². The van der Waals surface area contributed by atoms with Crippen molar-refractivity contribution in [3.05, 3.63) is 52.5 Å². The van der Waals surface area contributed by atoms with Crippen molar-refractivity contribution in [1.82, 2.24) is 9.62 Å². The van der Waals surface area contributed by atoms with E-state index in [0.29, 0.717) is 11.6 Å². The van der Waals surface area contributed by atoms with Gasteiger partial charge in [0.2, 0.25) is 5.91 Å². The molecule has 6 heteroatoms. The Kier molecular flexibility index (Phi) is 6.95. The summed E-state index contributed by atoms with van der Waals surface area (Å²) in [5, 5.41) is 1.99. The highest BCUT2D eigenvalue weighted by Gasteiger charge is 2.48. The van der Waals surface area contributed by atoms with Crippen LogP contribution in [0, 0.1) is 5.92 Å². The first-order chi connectivity index (χ1) is 13.1. The summed E-state index contributed by atoms with van der Waals surface area (Å²) >= 11 is 3.24. The van der Waals surface area contributed by atoms with E-state index in [4.69, 9.17) is 0 Å². The lowest BCUT2D eigenvalue weighted by molar-refractivity contribution is -0.133. The van der Waals surface area contributed by atoms with Gasteiger partial charge in [0.25, 0.3) is 0 Å². The summed E-state index contributed by atoms with van der Waals surface area (Å²) in [5.41, 5.74) is 1.46. The Hall–Kier alpha value is -1.37. The van der Waals surface area contributed by atoms with E-state index < -0.39 is 0 Å². The van der Waals surface area contributed by atoms with Gasteiger partial charge in [-0.3, -0.25) is 9.52 Å². The van der Waals surface area contributed by atoms with Crippen LogP contribution in [0.25, 0.3) is 5.57 Å². The lowest BCUT2D eigenvalue weighted by Crippen LogP contribution is -2.46. The van der Waals surface area contributed by atoms with Crippen LogP contribution in [-0.2, 0) is 4.79 Å². The van der Waals surface area contributed by atoms with E-state index in [2.05, 4.69) is 11.3 Å². The molecule has 3 atom stereocenters. The molecular weight excluding hydrogens is 379 g/mol. The van der Waals surface area contributed by atoms with Crippen LogP contribution in [-0.4, -0.2) is 36.2 Å². The lowest BCUT2D eigenvalue weighted by Gasteiger charge is -2.33. The van der Waals surface area contributed by atoms with Gasteiger partial charge in [0.05, 0.1) is 0 Å². The third-order valence-electron chi connectivity index (χ3n) is 5.22. The van der Waals surface area contributed by atoms with Gasteiger partial charge in [-0.05, 0) is 55.5 Å². The smallest absolute Gasteiger partial charge is 0.226 e. The first-order valence-electron chi connectivity index (χ1n) is 9.40. The minimum Gasteiger partial charge on any atom is -0.341 e. The van der Waals surface area contributed by atoms with E-state index in [-0.39, 0.29) is 23.6 Å². The predicted octanol–water partition coefficient (Wildman–Crippen LogP) is 5.15. The van der Waals surface area contributed by atoms with Gasteiger partial charge in [0.1, 0.15) is 5.83 Å². The molecule has 1 aliphatic heterocycles. The number of carbonyl (C=O) groups excluding carboxylic acids is 1. The van der Waals surface area contributed by atoms with E-state index in [1.807, 2.05) is 35.6 Å². The molecule has 0 radical (unpaired) electrons. The van der Waals surface area contributed by atoms with Gasteiger partial charge in [0, 0.05) is 41.4 Å². The number of allylic oxidation sites excluding steroid dienone is 5. The summed E-state index contributed by atoms with van der Waals surface area (Å²) in [7, 11) is 0. The fraction of sp³-hybridized carbons (Fsp3) is 0.476. The van der Waals surface area contributed by atoms with E-state index in [1.54, 1.807) is 29.4 Å². The predicted molar refractivity (Wildman–Crippen MR) is 114 cm³/mol. The maximum absolute atomic E-state index is 14.3. The van der Waals surface area contributed by atoms with Gasteiger partial charge in [-0.25, -0.2) is 4.39 Å². The van der Waals surface area contributed by atoms with Crippen LogP contribution in [0.5, 0.6) is 0 Å². The Morgan fingerprint density at radius 3 is 3.04 bits per heavy atom. The summed E-state index contributed by atoms with van der Waals surface area (Å²) in [6, 6.07) is 2.33. The Balaban J connectivity index is 1.73. The second-order valence-corrected chi connectivity index (χ2v) is 8.65. The van der Waals surface area contributed by atoms with Crippen molar-refractivity contribution in [3.8, 4) is 0 Å². The molecule has 3 unspecified atom stereocenters. The van der Waals surface area contributed by atoms with Crippen LogP contribution in [0.1, 0.15) is 42.5 Å². The molecule has 1 N–H and O–H groups in total. The zero-order valence-electron chi connectivity index (χ0n) is 15.9. The third-order valence-corrected chi connectivity index (χ3v) is 6.83. The summed E-state index contributed by atoms with van der Waals surface area (Å²) in [6.07, 6.45) is 9.92. The number of hydrogen-bond acceptors (Lipinski definition) is 4. The van der Waals surface area contributed by atoms with Crippen LogP contribution in [0.15, 0.2) is 42.1 Å². The Labute approximate surface area is 169 Å². The minimum absolute atomic E-state index is 0.0362. The van der Waals surface area contributed by atoms with E-state index in [0.717, 1.165) is 42.8 Å². The highest BCUT2D eigenvalue weighted by atomic mass is 32.2. The fourth-order valence-corrected chi connectivity index (χ4v) is 5.45. The van der Waals surface area contributed by atoms with Crippen molar-refractivity contribution in [2.75, 3.05) is 19.3 Å². The fourth-order valence-electron chi connectivity index (χ4n) is 3.84. The first kappa shape index (κ1) is 20.4. The maximum Gasteiger partial charge on any atom is 0.226 e. The van der Waals surface area contributed by atoms with Crippen LogP contribution in [0.4, 0.5) is 4.39 Å². The third kappa shape index (κ3) is 4.55. The summed E-state index contributed by atoms with van der Waals surface area (Å²) in [4.78, 5) is 16.1. The summed E-state index contributed by atoms with van der Waals surface area (Å²) in [6.45, 7) is 7.07. The Morgan fingerprint density at radius 1 is 1.52 bits per heavy atom. The van der Waals surface area contributed by atoms with Crippen molar-refractivity contribution in [2.24, 2.45) is 5.92 Å². The van der Waals surface area contributed by atoms with Gasteiger partial charge in [-0.2, -0.15) is 0 Å². The van der Waals surface area contributed by atoms with E-state index >= 15 is 0 Å². The maximum atomic E-state index is 14.3. The number of carbonyl (C=O) groups is 1. The molecule has 2 aliphatic rings. The molecule has 1 saturated heterocycles. The molecule has 1 amide bonds. The molecule has 1 aromatic rings. The molecule has 1 aromatic heterocycles. The summed E-state index contributed by atoms with van der Waals surface area (Å²) < 4.78 is 17.7. The zero-order chi connectivity index (χ0) is 19.4. The number of rotatable bonds is 7. The lowest BCUT2D eigenvalue weighted by atomic mass is 10.0. The normalized spacial score (nSPS) is 26.2. The van der Waals surface area contributed by atoms with Crippen LogP contribution in [0.3, 0.4) is 0 Å². The van der Waals surface area contributed by atoms with E-state index in [9.17, 15) is 9.18 Å². The second-order valence-electron chi connectivity index (χ2n) is 7.06. The number of nitrogens with zero attached hydrogens (tertiary/aromatic N) is 1. The number of likely N-dealkylation sites (tertiary alicyclic amines) is 1. The molecule has 3 nitrogen and oxygen atoms in total. The highest BCUT2D eigenvalue weighted by Crippen LogP contribution is 2.52. The van der Waals surface area contributed by atoms with Gasteiger partial charge in [0.15, 0.2) is 0 Å². The van der Waals surface area contributed by atoms with Gasteiger partial charge < -0.3 is 4.90 Å². The number of nitrogens with one attached hydrogen (secondary N) is 1. The molecule has 3 rings (SSSR count). The minimum atomic E-state index is -0.321. The van der Waals surface area contributed by atoms with Gasteiger partial charge >= 0.3 is 0 Å². The van der Waals surface area contributed by atoms with Crippen molar-refractivity contribution < 1.29 is 9.18 Å². The highest BCUT2D eigenvalue weighted by molar-refractivity contribution is 7.96. The number of halogens is 1. The summed E-state index contributed by atoms with van der Waals surface area (Å²) in [5.74, 6) is 0.180. The van der Waals surface area contributed by atoms with Crippen LogP contribution >= 0.6 is 23.3 Å². The number of hydrogen-bond donors (Lipinski definition) is 1. The van der Waals surface area contributed by atoms with E-state index in [1.165, 1.54) is 6.08 Å². The molecule has 2 fully saturated rings. The molecule has 1 aliphatic carbocycles. The van der Waals surface area contributed by atoms with Gasteiger partial charge in [-0.1, -0.05) is 30.7 Å². The largest absolute Gasteiger partial charge is 0.341 e. The zero-order valence-corrected chi connectivity index (χ0v) is 17.5. The van der Waals surface area contributed by atoms with Crippen molar-refractivity contribution >= 4 is 34.8 Å². The molecule has 0 bridgehead atoms. The molecule has 27 heavy (non-hydrogen) atoms. The molecule has 2 heterocycles.